The fourth-order valence-electron chi connectivity index (χ4n) is 1.75. The van der Waals surface area contributed by atoms with Crippen LogP contribution in [-0.4, -0.2) is 12.5 Å². The molecule has 1 fully saturated rings. The predicted octanol–water partition coefficient (Wildman–Crippen LogP) is 2.96. The topological polar surface area (TPSA) is 55.1 Å². The van der Waals surface area contributed by atoms with Gasteiger partial charge in [-0.25, -0.2) is 0 Å². The van der Waals surface area contributed by atoms with Gasteiger partial charge in [0.2, 0.25) is 0 Å². The zero-order valence-electron chi connectivity index (χ0n) is 9.47. The van der Waals surface area contributed by atoms with Crippen molar-refractivity contribution >= 4 is 34.8 Å². The third-order valence-corrected chi connectivity index (χ3v) is 3.94. The van der Waals surface area contributed by atoms with Gasteiger partial charge >= 0.3 is 0 Å². The van der Waals surface area contributed by atoms with Crippen LogP contribution in [0.15, 0.2) is 12.1 Å². The molecule has 5 heteroatoms. The first-order chi connectivity index (χ1) is 7.99. The number of carbonyl (C=O) groups excluding carboxylic acids is 1. The van der Waals surface area contributed by atoms with E-state index in [1.54, 1.807) is 6.07 Å². The van der Waals surface area contributed by atoms with Crippen LogP contribution in [0.2, 0.25) is 10.0 Å². The molecule has 0 spiro atoms. The van der Waals surface area contributed by atoms with E-state index in [-0.39, 0.29) is 5.91 Å². The summed E-state index contributed by atoms with van der Waals surface area (Å²) in [5.74, 6) is 1.17. The summed E-state index contributed by atoms with van der Waals surface area (Å²) in [7, 11) is 0. The molecule has 1 aromatic carbocycles. The van der Waals surface area contributed by atoms with Gasteiger partial charge in [0, 0.05) is 12.1 Å². The highest BCUT2D eigenvalue weighted by atomic mass is 35.5. The fraction of sp³-hybridized carbons (Fsp3) is 0.417. The van der Waals surface area contributed by atoms with Gasteiger partial charge in [-0.2, -0.15) is 0 Å². The second kappa shape index (κ2) is 4.75. The van der Waals surface area contributed by atoms with E-state index in [9.17, 15) is 4.79 Å². The molecule has 17 heavy (non-hydrogen) atoms. The maximum absolute atomic E-state index is 11.8. The minimum atomic E-state index is -0.158. The Kier molecular flexibility index (Phi) is 3.50. The number of halogens is 2. The van der Waals surface area contributed by atoms with Crippen LogP contribution in [0.5, 0.6) is 0 Å². The summed E-state index contributed by atoms with van der Waals surface area (Å²) in [6, 6.07) is 3.08. The molecular weight excluding hydrogens is 259 g/mol. The van der Waals surface area contributed by atoms with Gasteiger partial charge in [-0.05, 0) is 30.4 Å². The molecule has 92 valence electrons. The van der Waals surface area contributed by atoms with Gasteiger partial charge in [-0.1, -0.05) is 30.1 Å². The van der Waals surface area contributed by atoms with Crippen molar-refractivity contribution in [2.24, 2.45) is 11.8 Å². The lowest BCUT2D eigenvalue weighted by atomic mass is 10.2. The molecule has 2 rings (SSSR count). The molecule has 0 aliphatic heterocycles. The first-order valence-corrected chi connectivity index (χ1v) is 6.27. The minimum absolute atomic E-state index is 0.158. The summed E-state index contributed by atoms with van der Waals surface area (Å²) in [5.41, 5.74) is 6.43. The quantitative estimate of drug-likeness (QED) is 0.832. The monoisotopic (exact) mass is 272 g/mol. The Bertz CT molecular complexity index is 439. The van der Waals surface area contributed by atoms with Gasteiger partial charge in [0.15, 0.2) is 0 Å². The fourth-order valence-corrected chi connectivity index (χ4v) is 2.09. The highest BCUT2D eigenvalue weighted by Gasteiger charge is 2.32. The smallest absolute Gasteiger partial charge is 0.251 e. The van der Waals surface area contributed by atoms with E-state index in [0.717, 1.165) is 0 Å². The molecule has 1 amide bonds. The van der Waals surface area contributed by atoms with Crippen molar-refractivity contribution in [3.8, 4) is 0 Å². The summed E-state index contributed by atoms with van der Waals surface area (Å²) in [4.78, 5) is 11.8. The lowest BCUT2D eigenvalue weighted by molar-refractivity contribution is 0.0951. The highest BCUT2D eigenvalue weighted by molar-refractivity contribution is 6.43. The molecule has 1 saturated carbocycles. The number of hydrogen-bond donors (Lipinski definition) is 2. The minimum Gasteiger partial charge on any atom is -0.397 e. The van der Waals surface area contributed by atoms with Gasteiger partial charge in [-0.3, -0.25) is 4.79 Å². The van der Waals surface area contributed by atoms with Crippen LogP contribution in [0, 0.1) is 11.8 Å². The van der Waals surface area contributed by atoms with Crippen LogP contribution in [0.1, 0.15) is 23.7 Å². The van der Waals surface area contributed by atoms with E-state index in [0.29, 0.717) is 39.7 Å². The van der Waals surface area contributed by atoms with Crippen molar-refractivity contribution in [1.82, 2.24) is 5.32 Å². The van der Waals surface area contributed by atoms with E-state index in [1.165, 1.54) is 12.5 Å². The number of benzene rings is 1. The third kappa shape index (κ3) is 2.85. The van der Waals surface area contributed by atoms with Crippen molar-refractivity contribution in [1.29, 1.82) is 0 Å². The van der Waals surface area contributed by atoms with Crippen LogP contribution in [0.25, 0.3) is 0 Å². The second-order valence-electron chi connectivity index (χ2n) is 4.54. The Morgan fingerprint density at radius 3 is 2.71 bits per heavy atom. The Balaban J connectivity index is 2.03. The third-order valence-electron chi connectivity index (χ3n) is 3.12. The van der Waals surface area contributed by atoms with E-state index >= 15 is 0 Å². The van der Waals surface area contributed by atoms with Crippen molar-refractivity contribution in [3.05, 3.63) is 27.7 Å². The molecule has 2 unspecified atom stereocenters. The van der Waals surface area contributed by atoms with Gasteiger partial charge in [0.1, 0.15) is 0 Å². The molecule has 0 aromatic heterocycles. The molecule has 0 bridgehead atoms. The van der Waals surface area contributed by atoms with E-state index in [2.05, 4.69) is 12.2 Å². The highest BCUT2D eigenvalue weighted by Crippen LogP contribution is 2.36. The van der Waals surface area contributed by atoms with Gasteiger partial charge < -0.3 is 11.1 Å². The molecule has 1 aliphatic rings. The normalized spacial score (nSPS) is 22.3. The van der Waals surface area contributed by atoms with E-state index < -0.39 is 0 Å². The number of rotatable bonds is 3. The lowest BCUT2D eigenvalue weighted by Gasteiger charge is -2.07. The SMILES string of the molecule is CC1CC1CNC(=O)c1cc(N)c(Cl)c(Cl)c1. The van der Waals surface area contributed by atoms with Gasteiger partial charge in [0.25, 0.3) is 5.91 Å². The van der Waals surface area contributed by atoms with Crippen LogP contribution in [-0.2, 0) is 0 Å². The van der Waals surface area contributed by atoms with Crippen LogP contribution in [0.4, 0.5) is 5.69 Å². The zero-order valence-corrected chi connectivity index (χ0v) is 11.0. The van der Waals surface area contributed by atoms with E-state index in [1.807, 2.05) is 0 Å². The Labute approximate surface area is 110 Å². The Hall–Kier alpha value is -0.930. The molecule has 0 heterocycles. The van der Waals surface area contributed by atoms with Crippen molar-refractivity contribution in [2.45, 2.75) is 13.3 Å². The largest absolute Gasteiger partial charge is 0.397 e. The average molecular weight is 273 g/mol. The number of nitrogens with one attached hydrogen (secondary N) is 1. The van der Waals surface area contributed by atoms with Crippen molar-refractivity contribution in [2.75, 3.05) is 12.3 Å². The first kappa shape index (κ1) is 12.5. The molecular formula is C12H14Cl2N2O. The summed E-state index contributed by atoms with van der Waals surface area (Å²) >= 11 is 11.7. The molecule has 3 nitrogen and oxygen atoms in total. The molecule has 3 N–H and O–H groups in total. The molecule has 0 radical (unpaired) electrons. The van der Waals surface area contributed by atoms with Crippen LogP contribution in [0.3, 0.4) is 0 Å². The molecule has 1 aromatic rings. The summed E-state index contributed by atoms with van der Waals surface area (Å²) < 4.78 is 0. The van der Waals surface area contributed by atoms with Gasteiger partial charge in [-0.15, -0.1) is 0 Å². The Morgan fingerprint density at radius 2 is 2.18 bits per heavy atom. The van der Waals surface area contributed by atoms with Crippen molar-refractivity contribution in [3.63, 3.8) is 0 Å². The maximum atomic E-state index is 11.8. The summed E-state index contributed by atoms with van der Waals surface area (Å²) in [6.45, 7) is 2.88. The maximum Gasteiger partial charge on any atom is 0.251 e. The molecule has 1 aliphatic carbocycles. The van der Waals surface area contributed by atoms with Crippen LogP contribution < -0.4 is 11.1 Å². The Morgan fingerprint density at radius 1 is 1.53 bits per heavy atom. The molecule has 2 atom stereocenters. The van der Waals surface area contributed by atoms with Gasteiger partial charge in [0.05, 0.1) is 15.7 Å². The molecule has 0 saturated heterocycles. The number of nitrogen functional groups attached to an aromatic ring is 1. The predicted molar refractivity (Wildman–Crippen MR) is 70.5 cm³/mol. The first-order valence-electron chi connectivity index (χ1n) is 5.51. The standard InChI is InChI=1S/C12H14Cl2N2O/c1-6-2-8(6)5-16-12(17)7-3-9(13)11(14)10(15)4-7/h3-4,6,8H,2,5,15H2,1H3,(H,16,17). The van der Waals surface area contributed by atoms with Crippen molar-refractivity contribution < 1.29 is 4.79 Å². The van der Waals surface area contributed by atoms with E-state index in [4.69, 9.17) is 28.9 Å². The number of amides is 1. The second-order valence-corrected chi connectivity index (χ2v) is 5.33. The summed E-state index contributed by atoms with van der Waals surface area (Å²) in [5, 5.41) is 3.46. The summed E-state index contributed by atoms with van der Waals surface area (Å²) in [6.07, 6.45) is 1.18. The number of nitrogens with two attached hydrogens (primary N) is 1. The number of carbonyl (C=O) groups is 1. The zero-order chi connectivity index (χ0) is 12.6. The lowest BCUT2D eigenvalue weighted by Crippen LogP contribution is -2.26. The number of anilines is 1. The number of hydrogen-bond acceptors (Lipinski definition) is 2. The average Bonchev–Trinajstić information content (AvgIpc) is 2.98. The van der Waals surface area contributed by atoms with Crippen LogP contribution >= 0.6 is 23.2 Å².